The number of nitrogens with two attached hydrogens (primary N) is 1. The summed E-state index contributed by atoms with van der Waals surface area (Å²) >= 11 is 4.33. The summed E-state index contributed by atoms with van der Waals surface area (Å²) in [5.74, 6) is 0.0322. The lowest BCUT2D eigenvalue weighted by atomic mass is 10.0. The molecular weight excluding hydrogens is 598 g/mol. The Morgan fingerprint density at radius 1 is 1.35 bits per heavy atom. The van der Waals surface area contributed by atoms with Crippen LogP contribution in [0.15, 0.2) is 45.1 Å². The van der Waals surface area contributed by atoms with E-state index in [0.29, 0.717) is 48.0 Å². The number of carbonyl (C=O) groups is 2. The number of benzene rings is 1. The number of H-pyrrole nitrogens is 1. The van der Waals surface area contributed by atoms with Crippen molar-refractivity contribution in [1.82, 2.24) is 14.3 Å². The average molecular weight is 627 g/mol. The predicted molar refractivity (Wildman–Crippen MR) is 160 cm³/mol. The van der Waals surface area contributed by atoms with Crippen molar-refractivity contribution in [3.05, 3.63) is 73.6 Å². The van der Waals surface area contributed by atoms with Crippen LogP contribution in [-0.4, -0.2) is 62.9 Å². The highest BCUT2D eigenvalue weighted by Gasteiger charge is 2.35. The molecule has 0 spiro atoms. The van der Waals surface area contributed by atoms with Crippen LogP contribution >= 0.6 is 27.5 Å². The maximum atomic E-state index is 13.7. The summed E-state index contributed by atoms with van der Waals surface area (Å²) in [6.07, 6.45) is 2.53. The minimum absolute atomic E-state index is 0.0465. The van der Waals surface area contributed by atoms with E-state index in [1.807, 2.05) is 18.2 Å². The number of aliphatic hydroxyl groups excluding tert-OH is 1. The number of amidine groups is 1. The molecule has 11 nitrogen and oxygen atoms in total. The molecule has 5 N–H and O–H groups in total. The highest BCUT2D eigenvalue weighted by Crippen LogP contribution is 2.36. The molecule has 0 bridgehead atoms. The number of amides is 2. The van der Waals surface area contributed by atoms with E-state index in [0.717, 1.165) is 29.1 Å². The Morgan fingerprint density at radius 2 is 2.17 bits per heavy atom. The molecule has 2 aromatic heterocycles. The third kappa shape index (κ3) is 5.44. The predicted octanol–water partition coefficient (Wildman–Crippen LogP) is 3.10. The highest BCUT2D eigenvalue weighted by atomic mass is 79.9. The van der Waals surface area contributed by atoms with Crippen LogP contribution in [0.4, 0.5) is 16.5 Å². The minimum Gasteiger partial charge on any atom is -0.383 e. The Balaban J connectivity index is 1.38. The molecule has 1 aromatic carbocycles. The van der Waals surface area contributed by atoms with Gasteiger partial charge in [-0.15, -0.1) is 0 Å². The molecule has 40 heavy (non-hydrogen) atoms. The number of likely N-dealkylation sites (tertiary alicyclic amines) is 1. The molecule has 208 valence electrons. The van der Waals surface area contributed by atoms with Crippen molar-refractivity contribution in [3.8, 4) is 0 Å². The second-order valence-electron chi connectivity index (χ2n) is 9.47. The van der Waals surface area contributed by atoms with Gasteiger partial charge in [0.2, 0.25) is 5.91 Å². The van der Waals surface area contributed by atoms with Crippen LogP contribution in [-0.2, 0) is 11.2 Å². The second-order valence-corrected chi connectivity index (χ2v) is 10.8. The first-order valence-corrected chi connectivity index (χ1v) is 14.5. The third-order valence-corrected chi connectivity index (χ3v) is 7.98. The zero-order valence-electron chi connectivity index (χ0n) is 21.7. The van der Waals surface area contributed by atoms with Gasteiger partial charge in [0.1, 0.15) is 34.1 Å². The van der Waals surface area contributed by atoms with E-state index in [4.69, 9.17) is 5.73 Å². The van der Waals surface area contributed by atoms with Gasteiger partial charge in [-0.1, -0.05) is 34.1 Å². The smallest absolute Gasteiger partial charge is 0.279 e. The van der Waals surface area contributed by atoms with Gasteiger partial charge in [0.25, 0.3) is 11.5 Å². The lowest BCUT2D eigenvalue weighted by Gasteiger charge is -2.22. The number of aliphatic imine (C=N–C) groups is 1. The fourth-order valence-corrected chi connectivity index (χ4v) is 5.96. The largest absolute Gasteiger partial charge is 0.383 e. The number of aliphatic hydroxyl groups is 1. The Morgan fingerprint density at radius 3 is 2.92 bits per heavy atom. The Hall–Kier alpha value is -3.81. The van der Waals surface area contributed by atoms with E-state index >= 15 is 0 Å². The van der Waals surface area contributed by atoms with Crippen molar-refractivity contribution in [2.75, 3.05) is 29.9 Å². The normalized spacial score (nSPS) is 17.2. The summed E-state index contributed by atoms with van der Waals surface area (Å²) in [6.45, 7) is 3.19. The lowest BCUT2D eigenvalue weighted by Crippen LogP contribution is -2.38. The van der Waals surface area contributed by atoms with E-state index in [9.17, 15) is 19.5 Å². The molecule has 13 heteroatoms. The number of aryl methyl sites for hydroxylation is 1. The average Bonchev–Trinajstić information content (AvgIpc) is 3.61. The van der Waals surface area contributed by atoms with Gasteiger partial charge in [-0.05, 0) is 64.8 Å². The van der Waals surface area contributed by atoms with Crippen LogP contribution in [0.2, 0.25) is 0 Å². The minimum atomic E-state index is -1.03. The van der Waals surface area contributed by atoms with Crippen LogP contribution in [0.25, 0.3) is 6.08 Å². The number of aromatic amines is 1. The summed E-state index contributed by atoms with van der Waals surface area (Å²) < 4.78 is 2.66. The van der Waals surface area contributed by atoms with Crippen molar-refractivity contribution in [3.63, 3.8) is 0 Å². The van der Waals surface area contributed by atoms with E-state index in [-0.39, 0.29) is 29.5 Å². The molecule has 2 amide bonds. The highest BCUT2D eigenvalue weighted by molar-refractivity contribution is 9.11. The molecule has 4 heterocycles. The fraction of sp³-hybridized carbons (Fsp3) is 0.296. The van der Waals surface area contributed by atoms with Gasteiger partial charge >= 0.3 is 0 Å². The summed E-state index contributed by atoms with van der Waals surface area (Å²) in [6, 6.07) is 9.00. The summed E-state index contributed by atoms with van der Waals surface area (Å²) in [5, 5.41) is 14.3. The first-order chi connectivity index (χ1) is 19.3. The second kappa shape index (κ2) is 11.7. The number of pyridine rings is 1. The molecule has 0 saturated carbocycles. The van der Waals surface area contributed by atoms with Crippen LogP contribution in [0.1, 0.15) is 45.6 Å². The molecule has 0 aliphatic carbocycles. The fourth-order valence-electron chi connectivity index (χ4n) is 4.92. The molecule has 2 aliphatic rings. The number of nitrogens with one attached hydrogen (secondary N) is 2. The number of carbonyl (C=O) groups excluding carboxylic acids is 2. The number of hydrogen-bond donors (Lipinski definition) is 4. The number of fused-ring (bicyclic) bond motifs is 1. The van der Waals surface area contributed by atoms with Gasteiger partial charge < -0.3 is 21.1 Å². The number of hydrogen-bond acceptors (Lipinski definition) is 8. The number of rotatable bonds is 8. The monoisotopic (exact) mass is 625 g/mol. The molecule has 1 unspecified atom stereocenters. The van der Waals surface area contributed by atoms with Crippen molar-refractivity contribution in [1.29, 1.82) is 0 Å². The maximum absolute atomic E-state index is 13.7. The first kappa shape index (κ1) is 27.7. The molecule has 1 atom stereocenters. The third-order valence-electron chi connectivity index (χ3n) is 6.91. The van der Waals surface area contributed by atoms with Crippen LogP contribution < -0.4 is 21.5 Å². The van der Waals surface area contributed by atoms with Gasteiger partial charge in [-0.3, -0.25) is 28.6 Å². The number of aromatic nitrogens is 2. The van der Waals surface area contributed by atoms with Crippen molar-refractivity contribution < 1.29 is 14.7 Å². The van der Waals surface area contributed by atoms with Crippen LogP contribution in [0.3, 0.4) is 0 Å². The molecule has 3 aromatic rings. The molecule has 1 saturated heterocycles. The van der Waals surface area contributed by atoms with Crippen molar-refractivity contribution in [2.45, 2.75) is 32.4 Å². The number of halogens is 1. The maximum Gasteiger partial charge on any atom is 0.279 e. The lowest BCUT2D eigenvalue weighted by molar-refractivity contribution is -0.127. The van der Waals surface area contributed by atoms with Crippen molar-refractivity contribution in [2.24, 2.45) is 10.7 Å². The standard InChI is InChI=1S/C27H28BrN7O4S/c1-15-7-8-19(31-23(15)27(39)35-18-5-2-4-16(9-10-28)17(18)14-21(35)37)32-26-22(25(38)33-40-26)24(29)30-11-13-34-12-3-6-20(34)36/h2,4-5,7-10,21,37H,3,6,11-14H2,1H3,(H2,29,30)(H,31,32)(H,33,38). The van der Waals surface area contributed by atoms with Gasteiger partial charge in [-0.25, -0.2) is 4.98 Å². The zero-order valence-corrected chi connectivity index (χ0v) is 24.1. The van der Waals surface area contributed by atoms with Gasteiger partial charge in [0.05, 0.1) is 12.2 Å². The summed E-state index contributed by atoms with van der Waals surface area (Å²) in [5.41, 5.74) is 9.15. The SMILES string of the molecule is Cc1ccc(Nc2s[nH]c(=O)c2C(N)=NCCN2CCCC2=O)nc1C(=O)N1c2cccc(C=CBr)c2CC1O. The zero-order chi connectivity index (χ0) is 28.4. The summed E-state index contributed by atoms with van der Waals surface area (Å²) in [7, 11) is 0. The van der Waals surface area contributed by atoms with Crippen molar-refractivity contribution >= 4 is 67.7 Å². The van der Waals surface area contributed by atoms with E-state index in [2.05, 4.69) is 35.6 Å². The van der Waals surface area contributed by atoms with Gasteiger partial charge in [0.15, 0.2) is 0 Å². The molecule has 2 aliphatic heterocycles. The van der Waals surface area contributed by atoms with Gasteiger partial charge in [-0.2, -0.15) is 0 Å². The molecule has 5 rings (SSSR count). The number of anilines is 3. The Bertz CT molecular complexity index is 1580. The van der Waals surface area contributed by atoms with Crippen LogP contribution in [0.5, 0.6) is 0 Å². The molecular formula is C27H28BrN7O4S. The number of nitrogens with zero attached hydrogens (tertiary/aromatic N) is 4. The quantitative estimate of drug-likeness (QED) is 0.221. The van der Waals surface area contributed by atoms with Crippen LogP contribution in [0, 0.1) is 6.92 Å². The van der Waals surface area contributed by atoms with E-state index in [1.54, 1.807) is 35.0 Å². The molecule has 0 radical (unpaired) electrons. The Kier molecular flexibility index (Phi) is 8.14. The summed E-state index contributed by atoms with van der Waals surface area (Å²) in [4.78, 5) is 51.7. The topological polar surface area (TPSA) is 157 Å². The van der Waals surface area contributed by atoms with Gasteiger partial charge in [0, 0.05) is 25.9 Å². The first-order valence-electron chi connectivity index (χ1n) is 12.7. The van der Waals surface area contributed by atoms with E-state index in [1.165, 1.54) is 4.90 Å². The van der Waals surface area contributed by atoms with E-state index < -0.39 is 17.7 Å². The Labute approximate surface area is 242 Å². The molecule has 1 fully saturated rings.